The molecule has 0 aliphatic rings. The highest BCUT2D eigenvalue weighted by Gasteiger charge is 2.31. The zero-order valence-corrected chi connectivity index (χ0v) is 18.5. The average molecular weight is 503 g/mol. The SMILES string of the molecule is NC(=O)CCC(NC(=O)C(CC(N)=O)NC(=O)C(CCC(N)=O)NC(=O)C(N)CC(=O)O)C(=O)O. The van der Waals surface area contributed by atoms with Crippen molar-refractivity contribution in [3.63, 3.8) is 0 Å². The summed E-state index contributed by atoms with van der Waals surface area (Å²) in [7, 11) is 0. The standard InChI is InChI=1S/C18H29N7O10/c19-7(5-14(29)30)15(31)23-8(1-3-11(20)26)16(32)25-10(6-13(22)28)17(33)24-9(18(34)35)2-4-12(21)27/h7-10H,1-6,19H2,(H2,20,26)(H2,21,27)(H2,22,28)(H,23,31)(H,24,33)(H,25,32)(H,29,30)(H,34,35). The number of nitrogens with one attached hydrogen (secondary N) is 3. The van der Waals surface area contributed by atoms with Crippen LogP contribution in [0.5, 0.6) is 0 Å². The number of carboxylic acids is 2. The van der Waals surface area contributed by atoms with E-state index in [9.17, 15) is 43.5 Å². The third kappa shape index (κ3) is 13.1. The van der Waals surface area contributed by atoms with Crippen molar-refractivity contribution in [3.05, 3.63) is 0 Å². The van der Waals surface area contributed by atoms with Crippen molar-refractivity contribution in [1.29, 1.82) is 0 Å². The second-order valence-electron chi connectivity index (χ2n) is 7.41. The van der Waals surface area contributed by atoms with Gasteiger partial charge in [-0.1, -0.05) is 0 Å². The van der Waals surface area contributed by atoms with Gasteiger partial charge in [-0.25, -0.2) is 4.79 Å². The maximum Gasteiger partial charge on any atom is 0.326 e. The number of nitrogens with two attached hydrogens (primary N) is 4. The van der Waals surface area contributed by atoms with Gasteiger partial charge >= 0.3 is 11.9 Å². The lowest BCUT2D eigenvalue weighted by molar-refractivity contribution is -0.142. The number of rotatable bonds is 17. The topological polar surface area (TPSA) is 317 Å². The van der Waals surface area contributed by atoms with Crippen molar-refractivity contribution in [2.24, 2.45) is 22.9 Å². The minimum absolute atomic E-state index is 0.381. The third-order valence-electron chi connectivity index (χ3n) is 4.38. The van der Waals surface area contributed by atoms with E-state index in [4.69, 9.17) is 28.0 Å². The van der Waals surface area contributed by atoms with E-state index in [-0.39, 0.29) is 19.3 Å². The lowest BCUT2D eigenvalue weighted by Crippen LogP contribution is -2.58. The van der Waals surface area contributed by atoms with Crippen LogP contribution >= 0.6 is 0 Å². The first kappa shape index (κ1) is 30.7. The lowest BCUT2D eigenvalue weighted by Gasteiger charge is -2.24. The largest absolute Gasteiger partial charge is 0.481 e. The van der Waals surface area contributed by atoms with Crippen LogP contribution < -0.4 is 38.9 Å². The molecule has 4 atom stereocenters. The van der Waals surface area contributed by atoms with Gasteiger partial charge < -0.3 is 49.1 Å². The van der Waals surface area contributed by atoms with E-state index in [0.29, 0.717) is 0 Å². The molecule has 0 aromatic carbocycles. The third-order valence-corrected chi connectivity index (χ3v) is 4.38. The Kier molecular flexibility index (Phi) is 13.0. The van der Waals surface area contributed by atoms with Crippen LogP contribution in [0.4, 0.5) is 0 Å². The summed E-state index contributed by atoms with van der Waals surface area (Å²) < 4.78 is 0. The fourth-order valence-electron chi connectivity index (χ4n) is 2.61. The smallest absolute Gasteiger partial charge is 0.326 e. The van der Waals surface area contributed by atoms with Gasteiger partial charge in [0.05, 0.1) is 18.9 Å². The van der Waals surface area contributed by atoms with E-state index in [1.165, 1.54) is 0 Å². The molecule has 0 aliphatic carbocycles. The molecule has 0 spiro atoms. The van der Waals surface area contributed by atoms with Gasteiger partial charge in [0, 0.05) is 12.8 Å². The van der Waals surface area contributed by atoms with Gasteiger partial charge in [-0.3, -0.25) is 33.6 Å². The molecular weight excluding hydrogens is 474 g/mol. The van der Waals surface area contributed by atoms with Crippen molar-refractivity contribution in [3.8, 4) is 0 Å². The first-order valence-electron chi connectivity index (χ1n) is 10.1. The first-order chi connectivity index (χ1) is 16.1. The number of hydrogen-bond donors (Lipinski definition) is 9. The molecule has 0 aromatic rings. The predicted molar refractivity (Wildman–Crippen MR) is 114 cm³/mol. The summed E-state index contributed by atoms with van der Waals surface area (Å²) >= 11 is 0. The van der Waals surface area contributed by atoms with Crippen molar-refractivity contribution >= 4 is 47.4 Å². The van der Waals surface area contributed by atoms with Crippen molar-refractivity contribution in [1.82, 2.24) is 16.0 Å². The molecule has 0 saturated carbocycles. The number of primary amides is 3. The van der Waals surface area contributed by atoms with Gasteiger partial charge in [-0.05, 0) is 12.8 Å². The maximum atomic E-state index is 12.7. The van der Waals surface area contributed by atoms with Crippen LogP contribution in [0.1, 0.15) is 38.5 Å². The van der Waals surface area contributed by atoms with Gasteiger partial charge in [-0.15, -0.1) is 0 Å². The molecule has 196 valence electrons. The zero-order valence-electron chi connectivity index (χ0n) is 18.5. The number of aliphatic carboxylic acids is 2. The molecule has 0 fully saturated rings. The molecule has 0 rings (SSSR count). The molecule has 4 unspecified atom stereocenters. The molecule has 0 aromatic heterocycles. The Labute approximate surface area is 198 Å². The number of hydrogen-bond acceptors (Lipinski definition) is 9. The number of carbonyl (C=O) groups excluding carboxylic acids is 6. The highest BCUT2D eigenvalue weighted by atomic mass is 16.4. The molecule has 13 N–H and O–H groups in total. The molecule has 6 amide bonds. The Bertz CT molecular complexity index is 863. The van der Waals surface area contributed by atoms with E-state index >= 15 is 0 Å². The van der Waals surface area contributed by atoms with E-state index < -0.39 is 90.8 Å². The van der Waals surface area contributed by atoms with Crippen LogP contribution in [0, 0.1) is 0 Å². The highest BCUT2D eigenvalue weighted by Crippen LogP contribution is 2.04. The fourth-order valence-corrected chi connectivity index (χ4v) is 2.61. The Morgan fingerprint density at radius 3 is 1.46 bits per heavy atom. The van der Waals surface area contributed by atoms with E-state index in [1.807, 2.05) is 5.32 Å². The maximum absolute atomic E-state index is 12.7. The van der Waals surface area contributed by atoms with Crippen LogP contribution in [-0.2, 0) is 38.4 Å². The number of carboxylic acid groups (broad SMARTS) is 2. The van der Waals surface area contributed by atoms with Gasteiger partial charge in [0.15, 0.2) is 0 Å². The second-order valence-corrected chi connectivity index (χ2v) is 7.41. The van der Waals surface area contributed by atoms with Gasteiger partial charge in [0.1, 0.15) is 18.1 Å². The first-order valence-corrected chi connectivity index (χ1v) is 10.1. The summed E-state index contributed by atoms with van der Waals surface area (Å²) in [6.45, 7) is 0. The Morgan fingerprint density at radius 2 is 1.03 bits per heavy atom. The lowest BCUT2D eigenvalue weighted by atomic mass is 10.1. The van der Waals surface area contributed by atoms with E-state index in [0.717, 1.165) is 0 Å². The quantitative estimate of drug-likeness (QED) is 0.0902. The summed E-state index contributed by atoms with van der Waals surface area (Å²) in [6.07, 6.45) is -3.12. The molecule has 0 heterocycles. The molecule has 0 radical (unpaired) electrons. The normalized spacial score (nSPS) is 13.9. The van der Waals surface area contributed by atoms with Crippen molar-refractivity contribution in [2.45, 2.75) is 62.7 Å². The van der Waals surface area contributed by atoms with Crippen LogP contribution in [-0.4, -0.2) is 81.8 Å². The second kappa shape index (κ2) is 14.8. The Hall–Kier alpha value is -4.28. The van der Waals surface area contributed by atoms with Crippen LogP contribution in [0.25, 0.3) is 0 Å². The van der Waals surface area contributed by atoms with Crippen molar-refractivity contribution in [2.75, 3.05) is 0 Å². The minimum Gasteiger partial charge on any atom is -0.481 e. The Morgan fingerprint density at radius 1 is 0.600 bits per heavy atom. The molecular formula is C18H29N7O10. The Balaban J connectivity index is 5.60. The summed E-state index contributed by atoms with van der Waals surface area (Å²) in [5, 5.41) is 24.2. The molecule has 0 aliphatic heterocycles. The van der Waals surface area contributed by atoms with Gasteiger partial charge in [0.2, 0.25) is 35.4 Å². The molecule has 35 heavy (non-hydrogen) atoms. The zero-order chi connectivity index (χ0) is 27.3. The summed E-state index contributed by atoms with van der Waals surface area (Å²) in [5.74, 6) is -8.99. The summed E-state index contributed by atoms with van der Waals surface area (Å²) in [5.41, 5.74) is 20.5. The molecule has 17 nitrogen and oxygen atoms in total. The minimum atomic E-state index is -1.71. The highest BCUT2D eigenvalue weighted by molar-refractivity contribution is 5.96. The number of amides is 6. The van der Waals surface area contributed by atoms with Crippen LogP contribution in [0.3, 0.4) is 0 Å². The predicted octanol–water partition coefficient (Wildman–Crippen LogP) is -5.27. The molecule has 17 heteroatoms. The van der Waals surface area contributed by atoms with E-state index in [2.05, 4.69) is 10.6 Å². The summed E-state index contributed by atoms with van der Waals surface area (Å²) in [6, 6.07) is -6.40. The fraction of sp³-hybridized carbons (Fsp3) is 0.556. The number of carbonyl (C=O) groups is 8. The monoisotopic (exact) mass is 503 g/mol. The summed E-state index contributed by atoms with van der Waals surface area (Å²) in [4.78, 5) is 92.9. The van der Waals surface area contributed by atoms with Gasteiger partial charge in [-0.2, -0.15) is 0 Å². The van der Waals surface area contributed by atoms with Gasteiger partial charge in [0.25, 0.3) is 0 Å². The van der Waals surface area contributed by atoms with Crippen molar-refractivity contribution < 1.29 is 48.6 Å². The molecule has 0 bridgehead atoms. The average Bonchev–Trinajstić information content (AvgIpc) is 2.71. The van der Waals surface area contributed by atoms with Crippen LogP contribution in [0.15, 0.2) is 0 Å². The van der Waals surface area contributed by atoms with Crippen LogP contribution in [0.2, 0.25) is 0 Å². The van der Waals surface area contributed by atoms with E-state index in [1.54, 1.807) is 0 Å². The molecule has 0 saturated heterocycles.